The minimum atomic E-state index is -0.179. The first-order valence-electron chi connectivity index (χ1n) is 4.25. The van der Waals surface area contributed by atoms with Gasteiger partial charge in [0.15, 0.2) is 0 Å². The van der Waals surface area contributed by atoms with Crippen LogP contribution < -0.4 is 0 Å². The molecule has 1 saturated heterocycles. The molecule has 3 nitrogen and oxygen atoms in total. The van der Waals surface area contributed by atoms with E-state index in [9.17, 15) is 9.59 Å². The van der Waals surface area contributed by atoms with Crippen LogP contribution in [0.1, 0.15) is 6.42 Å². The number of amides is 2. The van der Waals surface area contributed by atoms with Crippen molar-refractivity contribution < 1.29 is 30.7 Å². The van der Waals surface area contributed by atoms with Crippen LogP contribution in [-0.4, -0.2) is 11.8 Å². The molecule has 1 saturated carbocycles. The predicted molar refractivity (Wildman–Crippen MR) is 47.5 cm³/mol. The van der Waals surface area contributed by atoms with Gasteiger partial charge in [0.25, 0.3) is 0 Å². The molecule has 4 unspecified atom stereocenters. The van der Waals surface area contributed by atoms with E-state index >= 15 is 0 Å². The number of hydrogen-bond donors (Lipinski definition) is 0. The zero-order chi connectivity index (χ0) is 8.29. The molecule has 2 fully saturated rings. The molecular weight excluding hydrogens is 350 g/mol. The third-order valence-corrected chi connectivity index (χ3v) is 3.25. The molecule has 1 heterocycles. The molecule has 0 N–H and O–H groups in total. The fourth-order valence-corrected chi connectivity index (χ4v) is 2.75. The van der Waals surface area contributed by atoms with Crippen molar-refractivity contribution in [3.63, 3.8) is 0 Å². The molecule has 14 heavy (non-hydrogen) atoms. The monoisotopic (exact) mass is 361 g/mol. The van der Waals surface area contributed by atoms with Gasteiger partial charge in [-0.25, -0.2) is 0 Å². The number of imide groups is 1. The first-order chi connectivity index (χ1) is 5.77. The van der Waals surface area contributed by atoms with Crippen LogP contribution in [0.15, 0.2) is 12.2 Å². The average molecular weight is 361 g/mol. The summed E-state index contributed by atoms with van der Waals surface area (Å²) in [6.45, 7) is 0. The maximum Gasteiger partial charge on any atom is 2.00 e. The minimum absolute atomic E-state index is 0. The van der Waals surface area contributed by atoms with Gasteiger partial charge in [-0.2, -0.15) is 0 Å². The molecule has 3 aliphatic rings. The number of carbonyl (C=O) groups excluding carboxylic acids is 2. The van der Waals surface area contributed by atoms with Gasteiger partial charge in [0.05, 0.1) is 11.8 Å². The zero-order valence-corrected chi connectivity index (χ0v) is 10.8. The molecule has 4 heteroatoms. The Kier molecular flexibility index (Phi) is 3.01. The molecule has 3 rings (SSSR count). The number of rotatable bonds is 0. The average Bonchev–Trinajstić information content (AvgIpc) is 2.64. The molecule has 0 radical (unpaired) electrons. The smallest absolute Gasteiger partial charge is 0.595 e. The minimum Gasteiger partial charge on any atom is -0.595 e. The first-order valence-corrected chi connectivity index (χ1v) is 4.25. The van der Waals surface area contributed by atoms with Crippen molar-refractivity contribution in [1.82, 2.24) is 0 Å². The Morgan fingerprint density at radius 1 is 1.07 bits per heavy atom. The quantitative estimate of drug-likeness (QED) is 0.371. The van der Waals surface area contributed by atoms with E-state index in [-0.39, 0.29) is 52.1 Å². The molecule has 4 atom stereocenters. The van der Waals surface area contributed by atoms with Crippen LogP contribution >= 0.6 is 0 Å². The summed E-state index contributed by atoms with van der Waals surface area (Å²) >= 11 is 0. The maximum atomic E-state index is 11.2. The fraction of sp³-hybridized carbons (Fsp3) is 0.500. The standard InChI is InChI=1S/C9H9NO2.CH3.W/c11-8-6-4-1-2-5(3-4)7(6)9(12)10-8;;/h1-2,4-7H,3H2,(H,10,11,12);1H3;/q;-1;+2/p-1. The van der Waals surface area contributed by atoms with Gasteiger partial charge in [-0.05, 0) is 18.3 Å². The molecule has 2 aliphatic carbocycles. The van der Waals surface area contributed by atoms with E-state index in [0.29, 0.717) is 11.8 Å². The summed E-state index contributed by atoms with van der Waals surface area (Å²) in [7, 11) is 0. The number of allylic oxidation sites excluding steroid dienone is 2. The summed E-state index contributed by atoms with van der Waals surface area (Å²) in [6.07, 6.45) is 5.12. The van der Waals surface area contributed by atoms with Crippen LogP contribution in [0, 0.1) is 31.1 Å². The third-order valence-electron chi connectivity index (χ3n) is 3.25. The van der Waals surface area contributed by atoms with Crippen molar-refractivity contribution in [2.24, 2.45) is 23.7 Å². The van der Waals surface area contributed by atoms with Gasteiger partial charge in [-0.15, -0.1) is 0 Å². The summed E-state index contributed by atoms with van der Waals surface area (Å²) in [6, 6.07) is 0. The van der Waals surface area contributed by atoms with Crippen molar-refractivity contribution in [3.05, 3.63) is 24.9 Å². The Balaban J connectivity index is 0.000000490. The SMILES string of the molecule is O=C1[N-]C(=O)C2C3C=CC(C3)C12.[CH3-].[W+2]. The Bertz CT molecular complexity index is 285. The summed E-state index contributed by atoms with van der Waals surface area (Å²) in [4.78, 5) is 22.5. The maximum absolute atomic E-state index is 11.2. The van der Waals surface area contributed by atoms with Crippen LogP contribution in [0.3, 0.4) is 0 Å². The molecule has 74 valence electrons. The Hall–Kier alpha value is -0.432. The van der Waals surface area contributed by atoms with E-state index in [0.717, 1.165) is 6.42 Å². The van der Waals surface area contributed by atoms with Gasteiger partial charge < -0.3 is 22.3 Å². The molecule has 0 aromatic carbocycles. The molecule has 1 aliphatic heterocycles. The fourth-order valence-electron chi connectivity index (χ4n) is 2.75. The van der Waals surface area contributed by atoms with Gasteiger partial charge >= 0.3 is 21.1 Å². The van der Waals surface area contributed by atoms with Crippen molar-refractivity contribution in [3.8, 4) is 0 Å². The van der Waals surface area contributed by atoms with Crippen molar-refractivity contribution in [2.45, 2.75) is 6.42 Å². The van der Waals surface area contributed by atoms with Crippen molar-refractivity contribution in [2.75, 3.05) is 0 Å². The van der Waals surface area contributed by atoms with Crippen LogP contribution in [0.2, 0.25) is 0 Å². The third kappa shape index (κ3) is 1.22. The van der Waals surface area contributed by atoms with Crippen LogP contribution in [-0.2, 0) is 30.7 Å². The summed E-state index contributed by atoms with van der Waals surface area (Å²) < 4.78 is 0. The first kappa shape index (κ1) is 11.6. The van der Waals surface area contributed by atoms with Crippen molar-refractivity contribution >= 4 is 11.8 Å². The van der Waals surface area contributed by atoms with Gasteiger partial charge in [-0.3, -0.25) is 0 Å². The predicted octanol–water partition coefficient (Wildman–Crippen LogP) is 1.31. The van der Waals surface area contributed by atoms with Gasteiger partial charge in [-0.1, -0.05) is 12.2 Å². The molecule has 0 aromatic heterocycles. The second-order valence-corrected chi connectivity index (χ2v) is 3.79. The van der Waals surface area contributed by atoms with Crippen LogP contribution in [0.5, 0.6) is 0 Å². The van der Waals surface area contributed by atoms with E-state index in [1.165, 1.54) is 0 Å². The number of fused-ring (bicyclic) bond motifs is 5. The molecule has 0 spiro atoms. The van der Waals surface area contributed by atoms with Crippen molar-refractivity contribution in [1.29, 1.82) is 0 Å². The summed E-state index contributed by atoms with van der Waals surface area (Å²) in [5.41, 5.74) is 0. The van der Waals surface area contributed by atoms with E-state index in [1.54, 1.807) is 0 Å². The number of nitrogens with zero attached hydrogens (tertiary/aromatic N) is 1. The molecule has 0 aromatic rings. The normalized spacial score (nSPS) is 41.4. The second kappa shape index (κ2) is 3.62. The van der Waals surface area contributed by atoms with E-state index in [1.807, 2.05) is 0 Å². The van der Waals surface area contributed by atoms with Crippen LogP contribution in [0.25, 0.3) is 5.32 Å². The van der Waals surface area contributed by atoms with Gasteiger partial charge in [0, 0.05) is 11.8 Å². The molecule has 2 amide bonds. The Labute approximate surface area is 97.6 Å². The second-order valence-electron chi connectivity index (χ2n) is 3.79. The number of carbonyl (C=O) groups is 2. The largest absolute Gasteiger partial charge is 2.00 e. The Morgan fingerprint density at radius 2 is 1.50 bits per heavy atom. The van der Waals surface area contributed by atoms with Gasteiger partial charge in [0.2, 0.25) is 0 Å². The Morgan fingerprint density at radius 3 is 1.93 bits per heavy atom. The van der Waals surface area contributed by atoms with Gasteiger partial charge in [0.1, 0.15) is 0 Å². The molecule has 2 bridgehead atoms. The summed E-state index contributed by atoms with van der Waals surface area (Å²) in [5.74, 6) is 0.0779. The van der Waals surface area contributed by atoms with E-state index in [4.69, 9.17) is 0 Å². The zero-order valence-electron chi connectivity index (χ0n) is 7.84. The van der Waals surface area contributed by atoms with Crippen LogP contribution in [0.4, 0.5) is 0 Å². The van der Waals surface area contributed by atoms with E-state index < -0.39 is 0 Å². The summed E-state index contributed by atoms with van der Waals surface area (Å²) in [5, 5.41) is 3.50. The topological polar surface area (TPSA) is 48.2 Å². The molecular formula is C10H11NO2W. The van der Waals surface area contributed by atoms with E-state index in [2.05, 4.69) is 17.5 Å². The number of hydrogen-bond acceptors (Lipinski definition) is 2.